The Morgan fingerprint density at radius 1 is 1.44 bits per heavy atom. The average Bonchev–Trinajstić information content (AvgIpc) is 2.87. The summed E-state index contributed by atoms with van der Waals surface area (Å²) in [6.45, 7) is 1.04. The van der Waals surface area contributed by atoms with Crippen LogP contribution in [0, 0.1) is 0 Å². The van der Waals surface area contributed by atoms with Crippen LogP contribution < -0.4 is 10.9 Å². The zero-order chi connectivity index (χ0) is 11.0. The second-order valence-electron chi connectivity index (χ2n) is 3.23. The number of hydrogen-bond acceptors (Lipinski definition) is 6. The summed E-state index contributed by atoms with van der Waals surface area (Å²) in [6.07, 6.45) is 0.846. The molecule has 0 atom stereocenters. The monoisotopic (exact) mass is 223 g/mol. The third-order valence-corrected chi connectivity index (χ3v) is 2.17. The lowest BCUT2D eigenvalue weighted by atomic mass is 10.5. The first kappa shape index (κ1) is 9.31. The molecule has 0 bridgehead atoms. The van der Waals surface area contributed by atoms with Crippen LogP contribution in [-0.2, 0) is 9.47 Å². The van der Waals surface area contributed by atoms with Gasteiger partial charge in [0.05, 0.1) is 19.5 Å². The number of ether oxygens (including phenoxy) is 2. The number of hydrogen-bond donors (Lipinski definition) is 3. The van der Waals surface area contributed by atoms with Gasteiger partial charge in [-0.15, -0.1) is 0 Å². The Morgan fingerprint density at radius 3 is 3.06 bits per heavy atom. The summed E-state index contributed by atoms with van der Waals surface area (Å²) in [7, 11) is 0. The van der Waals surface area contributed by atoms with Crippen molar-refractivity contribution in [3.63, 3.8) is 0 Å². The maximum absolute atomic E-state index is 11.5. The number of rotatable bonds is 2. The quantitative estimate of drug-likeness (QED) is 0.627. The summed E-state index contributed by atoms with van der Waals surface area (Å²) >= 11 is 0. The van der Waals surface area contributed by atoms with Crippen molar-refractivity contribution in [2.24, 2.45) is 0 Å². The fraction of sp³-hybridized carbons (Fsp3) is 0.375. The smallest absolute Gasteiger partial charge is 0.278 e. The Hall–Kier alpha value is -1.93. The van der Waals surface area contributed by atoms with Crippen LogP contribution in [0.2, 0.25) is 0 Å². The van der Waals surface area contributed by atoms with Crippen molar-refractivity contribution in [1.82, 2.24) is 19.9 Å². The maximum atomic E-state index is 11.5. The third-order valence-electron chi connectivity index (χ3n) is 2.17. The van der Waals surface area contributed by atoms with Crippen LogP contribution in [0.15, 0.2) is 11.1 Å². The molecule has 0 amide bonds. The minimum absolute atomic E-state index is 0.275. The van der Waals surface area contributed by atoms with Crippen LogP contribution in [0.4, 0.5) is 5.95 Å². The first-order valence-electron chi connectivity index (χ1n) is 4.76. The molecule has 3 N–H and O–H groups in total. The van der Waals surface area contributed by atoms with Gasteiger partial charge >= 0.3 is 0 Å². The van der Waals surface area contributed by atoms with Crippen molar-refractivity contribution >= 4 is 17.1 Å². The molecule has 0 aromatic carbocycles. The largest absolute Gasteiger partial charge is 0.339 e. The van der Waals surface area contributed by atoms with Crippen LogP contribution in [0.25, 0.3) is 11.2 Å². The Kier molecular flexibility index (Phi) is 2.08. The van der Waals surface area contributed by atoms with Gasteiger partial charge in [0, 0.05) is 0 Å². The number of H-pyrrole nitrogens is 2. The minimum atomic E-state index is -0.570. The van der Waals surface area contributed by atoms with Crippen LogP contribution >= 0.6 is 0 Å². The maximum Gasteiger partial charge on any atom is 0.278 e. The first-order valence-corrected chi connectivity index (χ1v) is 4.76. The van der Waals surface area contributed by atoms with E-state index in [2.05, 4.69) is 25.3 Å². The predicted octanol–water partition coefficient (Wildman–Crippen LogP) is -0.611. The zero-order valence-corrected chi connectivity index (χ0v) is 8.19. The molecule has 2 aromatic heterocycles. The Morgan fingerprint density at radius 2 is 2.25 bits per heavy atom. The molecule has 0 spiro atoms. The number of nitrogens with zero attached hydrogens (tertiary/aromatic N) is 2. The molecule has 1 fully saturated rings. The van der Waals surface area contributed by atoms with Crippen molar-refractivity contribution < 1.29 is 9.47 Å². The molecule has 8 nitrogen and oxygen atoms in total. The zero-order valence-electron chi connectivity index (χ0n) is 8.19. The van der Waals surface area contributed by atoms with Gasteiger partial charge in [-0.1, -0.05) is 0 Å². The SMILES string of the molecule is O=c1[nH]c(NC2OCCO2)nc2nc[nH]c12. The molecular weight excluding hydrogens is 214 g/mol. The number of imidazole rings is 1. The lowest BCUT2D eigenvalue weighted by molar-refractivity contribution is -0.0183. The van der Waals surface area contributed by atoms with Gasteiger partial charge in [-0.2, -0.15) is 4.98 Å². The topological polar surface area (TPSA) is 105 Å². The van der Waals surface area contributed by atoms with Gasteiger partial charge < -0.3 is 19.8 Å². The summed E-state index contributed by atoms with van der Waals surface area (Å²) in [4.78, 5) is 24.8. The van der Waals surface area contributed by atoms with E-state index in [0.29, 0.717) is 24.4 Å². The number of anilines is 1. The molecule has 0 aliphatic carbocycles. The van der Waals surface area contributed by atoms with E-state index < -0.39 is 6.41 Å². The van der Waals surface area contributed by atoms with Gasteiger partial charge in [-0.3, -0.25) is 9.78 Å². The molecule has 0 saturated carbocycles. The molecule has 2 aromatic rings. The van der Waals surface area contributed by atoms with Gasteiger partial charge in [0.1, 0.15) is 0 Å². The predicted molar refractivity (Wildman–Crippen MR) is 53.8 cm³/mol. The minimum Gasteiger partial charge on any atom is -0.339 e. The standard InChI is InChI=1S/C8H9N5O3/c14-6-4-5(10-3-9-4)11-7(12-6)13-8-15-1-2-16-8/h3,8H,1-2H2,(H3,9,10,11,12,13,14). The third kappa shape index (κ3) is 1.53. The van der Waals surface area contributed by atoms with Crippen LogP contribution in [0.3, 0.4) is 0 Å². The summed E-state index contributed by atoms with van der Waals surface area (Å²) < 4.78 is 10.3. The molecule has 1 aliphatic rings. The van der Waals surface area contributed by atoms with E-state index >= 15 is 0 Å². The fourth-order valence-corrected chi connectivity index (χ4v) is 1.46. The summed E-state index contributed by atoms with van der Waals surface area (Å²) in [5.41, 5.74) is 0.408. The summed E-state index contributed by atoms with van der Waals surface area (Å²) in [6, 6.07) is 0. The Balaban J connectivity index is 1.94. The molecule has 8 heteroatoms. The normalized spacial score (nSPS) is 17.0. The van der Waals surface area contributed by atoms with Crippen molar-refractivity contribution in [1.29, 1.82) is 0 Å². The number of aromatic amines is 2. The highest BCUT2D eigenvalue weighted by Crippen LogP contribution is 2.08. The van der Waals surface area contributed by atoms with E-state index in [1.165, 1.54) is 6.33 Å². The molecule has 0 radical (unpaired) electrons. The second-order valence-corrected chi connectivity index (χ2v) is 3.23. The first-order chi connectivity index (χ1) is 7.83. The highest BCUT2D eigenvalue weighted by atomic mass is 16.7. The molecule has 0 unspecified atom stereocenters. The van der Waals surface area contributed by atoms with Gasteiger partial charge in [0.2, 0.25) is 12.4 Å². The van der Waals surface area contributed by atoms with Crippen molar-refractivity contribution in [3.05, 3.63) is 16.7 Å². The molecular formula is C8H9N5O3. The summed E-state index contributed by atoms with van der Waals surface area (Å²) in [5, 5.41) is 2.80. The number of aromatic nitrogens is 4. The van der Waals surface area contributed by atoms with Gasteiger partial charge in [0.15, 0.2) is 11.2 Å². The molecule has 16 heavy (non-hydrogen) atoms. The van der Waals surface area contributed by atoms with Crippen molar-refractivity contribution in [2.75, 3.05) is 18.5 Å². The fourth-order valence-electron chi connectivity index (χ4n) is 1.46. The Labute approximate surface area is 89.0 Å². The van der Waals surface area contributed by atoms with E-state index in [1.807, 2.05) is 0 Å². The van der Waals surface area contributed by atoms with E-state index in [9.17, 15) is 4.79 Å². The molecule has 1 aliphatic heterocycles. The van der Waals surface area contributed by atoms with E-state index in [4.69, 9.17) is 9.47 Å². The van der Waals surface area contributed by atoms with Crippen molar-refractivity contribution in [3.8, 4) is 0 Å². The van der Waals surface area contributed by atoms with Crippen LogP contribution in [0.1, 0.15) is 0 Å². The van der Waals surface area contributed by atoms with E-state index in [0.717, 1.165) is 0 Å². The van der Waals surface area contributed by atoms with Gasteiger partial charge in [-0.05, 0) is 0 Å². The molecule has 84 valence electrons. The highest BCUT2D eigenvalue weighted by molar-refractivity contribution is 5.69. The van der Waals surface area contributed by atoms with Crippen LogP contribution in [-0.4, -0.2) is 39.6 Å². The van der Waals surface area contributed by atoms with Crippen molar-refractivity contribution in [2.45, 2.75) is 6.41 Å². The van der Waals surface area contributed by atoms with E-state index in [-0.39, 0.29) is 11.5 Å². The average molecular weight is 223 g/mol. The number of nitrogens with one attached hydrogen (secondary N) is 3. The Bertz CT molecular complexity index is 556. The van der Waals surface area contributed by atoms with Gasteiger partial charge in [0.25, 0.3) is 5.56 Å². The van der Waals surface area contributed by atoms with E-state index in [1.54, 1.807) is 0 Å². The lowest BCUT2D eigenvalue weighted by Crippen LogP contribution is -2.23. The van der Waals surface area contributed by atoms with Gasteiger partial charge in [-0.25, -0.2) is 4.98 Å². The lowest BCUT2D eigenvalue weighted by Gasteiger charge is -2.10. The van der Waals surface area contributed by atoms with Crippen LogP contribution in [0.5, 0.6) is 0 Å². The second kappa shape index (κ2) is 3.58. The number of fused-ring (bicyclic) bond motifs is 1. The molecule has 3 rings (SSSR count). The molecule has 3 heterocycles. The summed E-state index contributed by atoms with van der Waals surface area (Å²) in [5.74, 6) is 0.275. The highest BCUT2D eigenvalue weighted by Gasteiger charge is 2.17. The molecule has 1 saturated heterocycles.